The van der Waals surface area contributed by atoms with Crippen molar-refractivity contribution in [2.75, 3.05) is 13.2 Å². The Kier molecular flexibility index (Phi) is 6.21. The molecule has 1 amide bonds. The maximum Gasteiger partial charge on any atom is 0.266 e. The van der Waals surface area contributed by atoms with Crippen LogP contribution < -0.4 is 15.6 Å². The third-order valence-electron chi connectivity index (χ3n) is 5.05. The minimum absolute atomic E-state index is 0.0699. The molecule has 0 unspecified atom stereocenters. The van der Waals surface area contributed by atoms with Gasteiger partial charge in [-0.25, -0.2) is 4.68 Å². The van der Waals surface area contributed by atoms with E-state index in [1.165, 1.54) is 10.7 Å². The van der Waals surface area contributed by atoms with Gasteiger partial charge in [-0.15, -0.1) is 0 Å². The molecule has 1 aliphatic carbocycles. The van der Waals surface area contributed by atoms with Crippen molar-refractivity contribution in [1.29, 1.82) is 0 Å². The molecule has 1 aliphatic rings. The molecule has 0 atom stereocenters. The molecule has 7 nitrogen and oxygen atoms in total. The third-order valence-corrected chi connectivity index (χ3v) is 5.05. The van der Waals surface area contributed by atoms with Crippen LogP contribution in [0.3, 0.4) is 0 Å². The summed E-state index contributed by atoms with van der Waals surface area (Å²) in [6.45, 7) is 0.436. The highest BCUT2D eigenvalue weighted by molar-refractivity contribution is 6.08. The molecule has 158 valence electrons. The summed E-state index contributed by atoms with van der Waals surface area (Å²) in [7, 11) is 0. The number of carbonyl (C=O) groups is 2. The van der Waals surface area contributed by atoms with Gasteiger partial charge in [0, 0.05) is 29.7 Å². The third kappa shape index (κ3) is 5.45. The maximum absolute atomic E-state index is 12.4. The second-order valence-corrected chi connectivity index (χ2v) is 7.45. The molecule has 4 rings (SSSR count). The molecule has 0 saturated heterocycles. The number of nitrogens with one attached hydrogen (secondary N) is 1. The molecule has 0 aliphatic heterocycles. The number of hydrogen-bond donors (Lipinski definition) is 1. The SMILES string of the molecule is O=C(COc1ccc(C(=O)c2ccccc2)cc1)NCCn1nc(C2CC2)ccc1=O. The number of carbonyl (C=O) groups excluding carboxylic acids is 2. The number of rotatable bonds is 9. The van der Waals surface area contributed by atoms with E-state index in [1.54, 1.807) is 42.5 Å². The Morgan fingerprint density at radius 2 is 1.68 bits per heavy atom. The van der Waals surface area contributed by atoms with E-state index in [0.717, 1.165) is 18.5 Å². The van der Waals surface area contributed by atoms with E-state index in [-0.39, 0.29) is 30.4 Å². The van der Waals surface area contributed by atoms with E-state index < -0.39 is 0 Å². The van der Waals surface area contributed by atoms with E-state index in [2.05, 4.69) is 10.4 Å². The molecule has 0 spiro atoms. The molecule has 1 saturated carbocycles. The molecule has 1 N–H and O–H groups in total. The van der Waals surface area contributed by atoms with Gasteiger partial charge in [0.15, 0.2) is 12.4 Å². The Labute approximate surface area is 179 Å². The quantitative estimate of drug-likeness (QED) is 0.541. The van der Waals surface area contributed by atoms with E-state index in [9.17, 15) is 14.4 Å². The van der Waals surface area contributed by atoms with Crippen LogP contribution in [0.5, 0.6) is 5.75 Å². The van der Waals surface area contributed by atoms with Gasteiger partial charge in [0.05, 0.1) is 12.2 Å². The van der Waals surface area contributed by atoms with Crippen molar-refractivity contribution in [1.82, 2.24) is 15.1 Å². The van der Waals surface area contributed by atoms with Gasteiger partial charge in [0.1, 0.15) is 5.75 Å². The van der Waals surface area contributed by atoms with Crippen LogP contribution in [0.4, 0.5) is 0 Å². The summed E-state index contributed by atoms with van der Waals surface area (Å²) in [6, 6.07) is 19.0. The van der Waals surface area contributed by atoms with Crippen LogP contribution >= 0.6 is 0 Å². The Balaban J connectivity index is 1.23. The molecular weight excluding hydrogens is 394 g/mol. The van der Waals surface area contributed by atoms with Crippen molar-refractivity contribution < 1.29 is 14.3 Å². The summed E-state index contributed by atoms with van der Waals surface area (Å²) < 4.78 is 6.87. The fraction of sp³-hybridized carbons (Fsp3) is 0.250. The fourth-order valence-corrected chi connectivity index (χ4v) is 3.18. The highest BCUT2D eigenvalue weighted by Crippen LogP contribution is 2.38. The number of hydrogen-bond acceptors (Lipinski definition) is 5. The molecule has 3 aromatic rings. The summed E-state index contributed by atoms with van der Waals surface area (Å²) in [5, 5.41) is 7.09. The zero-order valence-corrected chi connectivity index (χ0v) is 17.0. The van der Waals surface area contributed by atoms with Crippen LogP contribution in [-0.2, 0) is 11.3 Å². The summed E-state index contributed by atoms with van der Waals surface area (Å²) in [6.07, 6.45) is 2.22. The highest BCUT2D eigenvalue weighted by atomic mass is 16.5. The number of ether oxygens (including phenoxy) is 1. The van der Waals surface area contributed by atoms with Gasteiger partial charge in [-0.3, -0.25) is 14.4 Å². The van der Waals surface area contributed by atoms with E-state index in [0.29, 0.717) is 29.3 Å². The minimum atomic E-state index is -0.296. The second kappa shape index (κ2) is 9.38. The van der Waals surface area contributed by atoms with Crippen LogP contribution in [0.25, 0.3) is 0 Å². The average molecular weight is 417 g/mol. The molecule has 0 radical (unpaired) electrons. The van der Waals surface area contributed by atoms with Gasteiger partial charge < -0.3 is 10.1 Å². The van der Waals surface area contributed by atoms with Crippen molar-refractivity contribution in [3.8, 4) is 5.75 Å². The first-order valence-corrected chi connectivity index (χ1v) is 10.3. The largest absolute Gasteiger partial charge is 0.484 e. The Morgan fingerprint density at radius 1 is 0.968 bits per heavy atom. The first-order chi connectivity index (χ1) is 15.1. The molecule has 2 aromatic carbocycles. The van der Waals surface area contributed by atoms with Crippen molar-refractivity contribution in [3.05, 3.63) is 93.9 Å². The number of amides is 1. The number of ketones is 1. The van der Waals surface area contributed by atoms with E-state index in [4.69, 9.17) is 4.74 Å². The first-order valence-electron chi connectivity index (χ1n) is 10.3. The van der Waals surface area contributed by atoms with Crippen LogP contribution in [0.1, 0.15) is 40.4 Å². The zero-order chi connectivity index (χ0) is 21.6. The van der Waals surface area contributed by atoms with E-state index >= 15 is 0 Å². The van der Waals surface area contributed by atoms with Gasteiger partial charge >= 0.3 is 0 Å². The molecule has 31 heavy (non-hydrogen) atoms. The van der Waals surface area contributed by atoms with Crippen LogP contribution in [0.15, 0.2) is 71.5 Å². The smallest absolute Gasteiger partial charge is 0.266 e. The van der Waals surface area contributed by atoms with Crippen molar-refractivity contribution >= 4 is 11.7 Å². The molecule has 0 bridgehead atoms. The van der Waals surface area contributed by atoms with Crippen molar-refractivity contribution in [3.63, 3.8) is 0 Å². The topological polar surface area (TPSA) is 90.3 Å². The Morgan fingerprint density at radius 3 is 2.39 bits per heavy atom. The number of nitrogens with zero attached hydrogens (tertiary/aromatic N) is 2. The molecule has 7 heteroatoms. The first kappa shape index (κ1) is 20.5. The standard InChI is InChI=1S/C24H23N3O4/c28-22(25-14-15-27-23(29)13-12-21(26-27)17-6-7-17)16-31-20-10-8-19(9-11-20)24(30)18-4-2-1-3-5-18/h1-5,8-13,17H,6-7,14-16H2,(H,25,28). The van der Waals surface area contributed by atoms with Gasteiger partial charge in [-0.2, -0.15) is 5.10 Å². The molecule has 1 aromatic heterocycles. The lowest BCUT2D eigenvalue weighted by atomic mass is 10.0. The summed E-state index contributed by atoms with van der Waals surface area (Å²) in [5.41, 5.74) is 1.92. The minimum Gasteiger partial charge on any atom is -0.484 e. The summed E-state index contributed by atoms with van der Waals surface area (Å²) in [4.78, 5) is 36.4. The summed E-state index contributed by atoms with van der Waals surface area (Å²) in [5.74, 6) is 0.592. The molecule has 1 fully saturated rings. The monoisotopic (exact) mass is 417 g/mol. The number of benzene rings is 2. The highest BCUT2D eigenvalue weighted by Gasteiger charge is 2.25. The van der Waals surface area contributed by atoms with Crippen LogP contribution in [0, 0.1) is 0 Å². The predicted octanol–water partition coefficient (Wildman–Crippen LogP) is 2.55. The van der Waals surface area contributed by atoms with Crippen molar-refractivity contribution in [2.24, 2.45) is 0 Å². The summed E-state index contributed by atoms with van der Waals surface area (Å²) >= 11 is 0. The lowest BCUT2D eigenvalue weighted by Gasteiger charge is -2.09. The van der Waals surface area contributed by atoms with Crippen LogP contribution in [0.2, 0.25) is 0 Å². The lowest BCUT2D eigenvalue weighted by Crippen LogP contribution is -2.34. The molecule has 1 heterocycles. The normalized spacial score (nSPS) is 12.9. The number of aromatic nitrogens is 2. The fourth-order valence-electron chi connectivity index (χ4n) is 3.18. The second-order valence-electron chi connectivity index (χ2n) is 7.45. The van der Waals surface area contributed by atoms with Gasteiger partial charge in [-0.05, 0) is 43.2 Å². The predicted molar refractivity (Wildman–Crippen MR) is 115 cm³/mol. The zero-order valence-electron chi connectivity index (χ0n) is 17.0. The lowest BCUT2D eigenvalue weighted by molar-refractivity contribution is -0.123. The maximum atomic E-state index is 12.4. The van der Waals surface area contributed by atoms with Crippen LogP contribution in [-0.4, -0.2) is 34.6 Å². The average Bonchev–Trinajstić information content (AvgIpc) is 3.65. The Hall–Kier alpha value is -3.74. The van der Waals surface area contributed by atoms with Crippen molar-refractivity contribution in [2.45, 2.75) is 25.3 Å². The van der Waals surface area contributed by atoms with Gasteiger partial charge in [-0.1, -0.05) is 30.3 Å². The van der Waals surface area contributed by atoms with E-state index in [1.807, 2.05) is 18.2 Å². The Bertz CT molecular complexity index is 1120. The van der Waals surface area contributed by atoms with Gasteiger partial charge in [0.25, 0.3) is 11.5 Å². The van der Waals surface area contributed by atoms with Gasteiger partial charge in [0.2, 0.25) is 0 Å². The molecular formula is C24H23N3O4.